The van der Waals surface area contributed by atoms with Crippen molar-refractivity contribution in [1.82, 2.24) is 9.69 Å². The summed E-state index contributed by atoms with van der Waals surface area (Å²) < 4.78 is 4.47. The molecule has 1 N–H and O–H groups in total. The Hall–Kier alpha value is -0.900. The Morgan fingerprint density at radius 1 is 1.28 bits per heavy atom. The minimum atomic E-state index is 0.125. The summed E-state index contributed by atoms with van der Waals surface area (Å²) in [7, 11) is 0. The van der Waals surface area contributed by atoms with Gasteiger partial charge in [-0.05, 0) is 50.5 Å². The summed E-state index contributed by atoms with van der Waals surface area (Å²) in [5.41, 5.74) is 2.19. The van der Waals surface area contributed by atoms with E-state index in [1.807, 2.05) is 24.3 Å². The first-order valence-electron chi connectivity index (χ1n) is 5.91. The van der Waals surface area contributed by atoms with Crippen LogP contribution in [0.1, 0.15) is 25.6 Å². The van der Waals surface area contributed by atoms with E-state index in [1.54, 1.807) is 0 Å². The zero-order chi connectivity index (χ0) is 13.2. The molecule has 0 spiro atoms. The molecule has 2 nitrogen and oxygen atoms in total. The molecule has 0 aliphatic heterocycles. The van der Waals surface area contributed by atoms with Crippen LogP contribution < -0.4 is 5.32 Å². The Morgan fingerprint density at radius 3 is 2.72 bits per heavy atom. The van der Waals surface area contributed by atoms with Crippen molar-refractivity contribution in [2.24, 2.45) is 0 Å². The van der Waals surface area contributed by atoms with E-state index in [0.717, 1.165) is 22.8 Å². The van der Waals surface area contributed by atoms with E-state index in [1.165, 1.54) is 16.4 Å². The number of halogens is 1. The molecule has 0 aliphatic rings. The van der Waals surface area contributed by atoms with E-state index in [9.17, 15) is 0 Å². The largest absolute Gasteiger partial charge is 0.307 e. The van der Waals surface area contributed by atoms with Gasteiger partial charge < -0.3 is 5.32 Å². The van der Waals surface area contributed by atoms with Gasteiger partial charge in [0.2, 0.25) is 0 Å². The maximum Gasteiger partial charge on any atom is 0.0844 e. The lowest BCUT2D eigenvalue weighted by molar-refractivity contribution is 0.426. The maximum absolute atomic E-state index is 5.99. The molecule has 0 bridgehead atoms. The molecule has 96 valence electrons. The predicted molar refractivity (Wildman–Crippen MR) is 79.2 cm³/mol. The van der Waals surface area contributed by atoms with Crippen LogP contribution in [0.3, 0.4) is 0 Å². The summed E-state index contributed by atoms with van der Waals surface area (Å²) in [5, 5.41) is 4.20. The van der Waals surface area contributed by atoms with Gasteiger partial charge in [-0.2, -0.15) is 4.37 Å². The van der Waals surface area contributed by atoms with Gasteiger partial charge in [0, 0.05) is 27.5 Å². The van der Waals surface area contributed by atoms with Crippen molar-refractivity contribution in [3.05, 3.63) is 40.2 Å². The monoisotopic (exact) mass is 280 g/mol. The van der Waals surface area contributed by atoms with Gasteiger partial charge in [0.25, 0.3) is 0 Å². The second-order valence-corrected chi connectivity index (χ2v) is 6.62. The summed E-state index contributed by atoms with van der Waals surface area (Å²) in [4.78, 5) is 1.24. The molecule has 0 aliphatic carbocycles. The molecule has 0 atom stereocenters. The summed E-state index contributed by atoms with van der Waals surface area (Å²) in [6, 6.07) is 9.91. The third kappa shape index (κ3) is 3.80. The molecule has 1 aromatic carbocycles. The van der Waals surface area contributed by atoms with Gasteiger partial charge in [-0.1, -0.05) is 23.7 Å². The van der Waals surface area contributed by atoms with Gasteiger partial charge in [0.15, 0.2) is 0 Å². The van der Waals surface area contributed by atoms with E-state index in [4.69, 9.17) is 11.6 Å². The summed E-state index contributed by atoms with van der Waals surface area (Å²) >= 11 is 7.52. The lowest BCUT2D eigenvalue weighted by Gasteiger charge is -2.19. The molecule has 1 aromatic heterocycles. The highest BCUT2D eigenvalue weighted by Gasteiger charge is 2.10. The maximum atomic E-state index is 5.99. The number of nitrogens with zero attached hydrogens (tertiary/aromatic N) is 1. The standard InChI is InChI=1S/C14H17ClN2S/c1-14(2,3)16-9-12-8-13(17-18-12)10-5-4-6-11(15)7-10/h4-8,16H,9H2,1-3H3. The zero-order valence-corrected chi connectivity index (χ0v) is 12.4. The van der Waals surface area contributed by atoms with E-state index >= 15 is 0 Å². The van der Waals surface area contributed by atoms with Crippen LogP contribution in [0.15, 0.2) is 30.3 Å². The van der Waals surface area contributed by atoms with Crippen LogP contribution in [0.2, 0.25) is 5.02 Å². The first kappa shape index (κ1) is 13.5. The Balaban J connectivity index is 2.11. The van der Waals surface area contributed by atoms with Crippen molar-refractivity contribution in [1.29, 1.82) is 0 Å². The summed E-state index contributed by atoms with van der Waals surface area (Å²) in [5.74, 6) is 0. The molecule has 0 fully saturated rings. The van der Waals surface area contributed by atoms with Crippen molar-refractivity contribution < 1.29 is 0 Å². The second kappa shape index (κ2) is 5.39. The highest BCUT2D eigenvalue weighted by atomic mass is 35.5. The molecule has 18 heavy (non-hydrogen) atoms. The van der Waals surface area contributed by atoms with E-state index in [0.29, 0.717) is 0 Å². The van der Waals surface area contributed by atoms with Crippen LogP contribution in [-0.2, 0) is 6.54 Å². The molecular formula is C14H17ClN2S. The van der Waals surface area contributed by atoms with E-state index in [2.05, 4.69) is 36.5 Å². The van der Waals surface area contributed by atoms with Crippen LogP contribution in [-0.4, -0.2) is 9.91 Å². The predicted octanol–water partition coefficient (Wildman–Crippen LogP) is 4.35. The number of hydrogen-bond acceptors (Lipinski definition) is 3. The molecule has 0 unspecified atom stereocenters. The topological polar surface area (TPSA) is 24.9 Å². The van der Waals surface area contributed by atoms with Gasteiger partial charge in [0.1, 0.15) is 0 Å². The fourth-order valence-corrected chi connectivity index (χ4v) is 2.40. The highest BCUT2D eigenvalue weighted by Crippen LogP contribution is 2.24. The highest BCUT2D eigenvalue weighted by molar-refractivity contribution is 7.06. The minimum Gasteiger partial charge on any atom is -0.307 e. The van der Waals surface area contributed by atoms with Crippen molar-refractivity contribution >= 4 is 23.1 Å². The fraction of sp³-hybridized carbons (Fsp3) is 0.357. The normalized spacial score (nSPS) is 11.8. The van der Waals surface area contributed by atoms with Gasteiger partial charge in [-0.25, -0.2) is 0 Å². The smallest absolute Gasteiger partial charge is 0.0844 e. The lowest BCUT2D eigenvalue weighted by Crippen LogP contribution is -2.34. The molecule has 1 heterocycles. The number of nitrogens with one attached hydrogen (secondary N) is 1. The molecule has 0 radical (unpaired) electrons. The number of benzene rings is 1. The fourth-order valence-electron chi connectivity index (χ4n) is 1.53. The molecular weight excluding hydrogens is 264 g/mol. The molecule has 4 heteroatoms. The van der Waals surface area contributed by atoms with E-state index in [-0.39, 0.29) is 5.54 Å². The number of rotatable bonds is 3. The molecule has 2 rings (SSSR count). The van der Waals surface area contributed by atoms with Crippen LogP contribution in [0, 0.1) is 0 Å². The Bertz CT molecular complexity index is 529. The third-order valence-corrected chi connectivity index (χ3v) is 3.49. The summed E-state index contributed by atoms with van der Waals surface area (Å²) in [6.07, 6.45) is 0. The van der Waals surface area contributed by atoms with Crippen molar-refractivity contribution in [2.75, 3.05) is 0 Å². The summed E-state index contributed by atoms with van der Waals surface area (Å²) in [6.45, 7) is 7.32. The number of aromatic nitrogens is 1. The Kier molecular flexibility index (Phi) is 4.05. The van der Waals surface area contributed by atoms with Crippen molar-refractivity contribution in [3.8, 4) is 11.3 Å². The second-order valence-electron chi connectivity index (χ2n) is 5.29. The quantitative estimate of drug-likeness (QED) is 0.904. The lowest BCUT2D eigenvalue weighted by atomic mass is 10.1. The Labute approximate surface area is 117 Å². The SMILES string of the molecule is CC(C)(C)NCc1cc(-c2cccc(Cl)c2)ns1. The van der Waals surface area contributed by atoms with Crippen LogP contribution in [0.5, 0.6) is 0 Å². The molecule has 2 aromatic rings. The first-order valence-corrected chi connectivity index (χ1v) is 7.06. The first-order chi connectivity index (χ1) is 8.44. The van der Waals surface area contributed by atoms with Crippen molar-refractivity contribution in [3.63, 3.8) is 0 Å². The van der Waals surface area contributed by atoms with Gasteiger partial charge in [0.05, 0.1) is 5.69 Å². The van der Waals surface area contributed by atoms with E-state index < -0.39 is 0 Å². The van der Waals surface area contributed by atoms with Gasteiger partial charge in [-0.3, -0.25) is 0 Å². The molecule has 0 saturated carbocycles. The molecule has 0 saturated heterocycles. The van der Waals surface area contributed by atoms with Gasteiger partial charge in [-0.15, -0.1) is 0 Å². The van der Waals surface area contributed by atoms with Crippen molar-refractivity contribution in [2.45, 2.75) is 32.9 Å². The number of hydrogen-bond donors (Lipinski definition) is 1. The third-order valence-electron chi connectivity index (χ3n) is 2.47. The van der Waals surface area contributed by atoms with Crippen LogP contribution >= 0.6 is 23.1 Å². The Morgan fingerprint density at radius 2 is 2.06 bits per heavy atom. The minimum absolute atomic E-state index is 0.125. The average Bonchev–Trinajstić information content (AvgIpc) is 2.74. The van der Waals surface area contributed by atoms with Crippen LogP contribution in [0.4, 0.5) is 0 Å². The van der Waals surface area contributed by atoms with Crippen LogP contribution in [0.25, 0.3) is 11.3 Å². The van der Waals surface area contributed by atoms with Gasteiger partial charge >= 0.3 is 0 Å². The average molecular weight is 281 g/mol. The molecule has 0 amide bonds. The zero-order valence-electron chi connectivity index (χ0n) is 10.8.